The Bertz CT molecular complexity index is 755. The molecule has 9 heteroatoms. The number of nitrogens with one attached hydrogen (secondary N) is 1. The van der Waals surface area contributed by atoms with E-state index in [0.29, 0.717) is 5.69 Å². The molecule has 0 radical (unpaired) electrons. The maximum Gasteiger partial charge on any atom is 0.350 e. The van der Waals surface area contributed by atoms with Gasteiger partial charge >= 0.3 is 16.9 Å². The van der Waals surface area contributed by atoms with Crippen LogP contribution in [0.5, 0.6) is 0 Å². The average molecular weight is 279 g/mol. The Balaban J connectivity index is 2.46. The van der Waals surface area contributed by atoms with Gasteiger partial charge in [-0.05, 0) is 13.8 Å². The van der Waals surface area contributed by atoms with Crippen LogP contribution in [0.25, 0.3) is 0 Å². The number of hydrogen-bond donors (Lipinski definition) is 1. The lowest BCUT2D eigenvalue weighted by Crippen LogP contribution is -2.31. The average Bonchev–Trinajstić information content (AvgIpc) is 2.80. The normalized spacial score (nSPS) is 10.9. The van der Waals surface area contributed by atoms with E-state index in [9.17, 15) is 19.7 Å². The summed E-state index contributed by atoms with van der Waals surface area (Å²) in [6, 6.07) is 0.140. The molecule has 0 amide bonds. The summed E-state index contributed by atoms with van der Waals surface area (Å²) < 4.78 is 2.92. The van der Waals surface area contributed by atoms with Crippen molar-refractivity contribution in [2.45, 2.75) is 26.4 Å². The molecule has 1 N–H and O–H groups in total. The van der Waals surface area contributed by atoms with Crippen molar-refractivity contribution in [3.8, 4) is 0 Å². The van der Waals surface area contributed by atoms with Crippen LogP contribution in [0, 0.1) is 10.1 Å². The van der Waals surface area contributed by atoms with Gasteiger partial charge in [-0.1, -0.05) is 0 Å². The number of hydrogen-bond acceptors (Lipinski definition) is 5. The highest BCUT2D eigenvalue weighted by atomic mass is 16.6. The summed E-state index contributed by atoms with van der Waals surface area (Å²) in [4.78, 5) is 38.8. The highest BCUT2D eigenvalue weighted by Crippen LogP contribution is 2.10. The lowest BCUT2D eigenvalue weighted by atomic mass is 10.3. The number of aromatic nitrogens is 4. The maximum atomic E-state index is 11.7. The van der Waals surface area contributed by atoms with Gasteiger partial charge in [0.1, 0.15) is 0 Å². The van der Waals surface area contributed by atoms with Crippen molar-refractivity contribution in [2.75, 3.05) is 0 Å². The van der Waals surface area contributed by atoms with E-state index in [1.807, 2.05) is 23.4 Å². The van der Waals surface area contributed by atoms with E-state index in [1.165, 1.54) is 0 Å². The van der Waals surface area contributed by atoms with E-state index in [2.05, 4.69) is 4.98 Å². The molecule has 2 aromatic rings. The molecule has 0 aliphatic heterocycles. The first-order valence-electron chi connectivity index (χ1n) is 5.89. The molecular weight excluding hydrogens is 266 g/mol. The fourth-order valence-corrected chi connectivity index (χ4v) is 1.84. The van der Waals surface area contributed by atoms with E-state index in [4.69, 9.17) is 0 Å². The van der Waals surface area contributed by atoms with Crippen molar-refractivity contribution in [2.24, 2.45) is 0 Å². The van der Waals surface area contributed by atoms with Gasteiger partial charge < -0.3 is 4.57 Å². The predicted octanol–water partition coefficient (Wildman–Crippen LogP) is 0.271. The SMILES string of the molecule is CC(C)n1cncc1Cn1cc([N+](=O)[O-])c(=O)[nH]c1=O. The van der Waals surface area contributed by atoms with Gasteiger partial charge in [0.05, 0.1) is 29.7 Å². The molecule has 0 fully saturated rings. The zero-order valence-electron chi connectivity index (χ0n) is 10.9. The van der Waals surface area contributed by atoms with Crippen LogP contribution in [0.3, 0.4) is 0 Å². The highest BCUT2D eigenvalue weighted by Gasteiger charge is 2.16. The zero-order chi connectivity index (χ0) is 14.9. The molecular formula is C11H13N5O4. The van der Waals surface area contributed by atoms with Gasteiger partial charge in [0, 0.05) is 12.2 Å². The quantitative estimate of drug-likeness (QED) is 0.637. The molecule has 2 aromatic heterocycles. The highest BCUT2D eigenvalue weighted by molar-refractivity contribution is 5.21. The van der Waals surface area contributed by atoms with E-state index >= 15 is 0 Å². The minimum Gasteiger partial charge on any atom is -0.330 e. The Morgan fingerprint density at radius 1 is 1.45 bits per heavy atom. The predicted molar refractivity (Wildman–Crippen MR) is 69.7 cm³/mol. The topological polar surface area (TPSA) is 116 Å². The molecule has 0 atom stereocenters. The molecule has 0 saturated carbocycles. The third kappa shape index (κ3) is 2.51. The number of imidazole rings is 1. The third-order valence-electron chi connectivity index (χ3n) is 2.82. The van der Waals surface area contributed by atoms with Gasteiger partial charge in [0.25, 0.3) is 0 Å². The lowest BCUT2D eigenvalue weighted by molar-refractivity contribution is -0.386. The minimum atomic E-state index is -1.01. The first-order valence-corrected chi connectivity index (χ1v) is 5.89. The molecule has 106 valence electrons. The summed E-state index contributed by atoms with van der Waals surface area (Å²) in [5.41, 5.74) is -1.66. The Morgan fingerprint density at radius 2 is 2.15 bits per heavy atom. The van der Waals surface area contributed by atoms with Crippen LogP contribution < -0.4 is 11.2 Å². The summed E-state index contributed by atoms with van der Waals surface area (Å²) in [6.45, 7) is 3.99. The molecule has 0 unspecified atom stereocenters. The monoisotopic (exact) mass is 279 g/mol. The zero-order valence-corrected chi connectivity index (χ0v) is 10.9. The molecule has 0 aliphatic rings. The molecule has 2 heterocycles. The summed E-state index contributed by atoms with van der Waals surface area (Å²) in [7, 11) is 0. The molecule has 0 bridgehead atoms. The van der Waals surface area contributed by atoms with Crippen LogP contribution in [-0.2, 0) is 6.54 Å². The number of H-pyrrole nitrogens is 1. The van der Waals surface area contributed by atoms with Gasteiger partial charge in [-0.2, -0.15) is 0 Å². The van der Waals surface area contributed by atoms with Crippen molar-refractivity contribution in [1.82, 2.24) is 19.1 Å². The molecule has 2 rings (SSSR count). The number of nitrogens with zero attached hydrogens (tertiary/aromatic N) is 4. The van der Waals surface area contributed by atoms with Crippen molar-refractivity contribution in [3.63, 3.8) is 0 Å². The molecule has 0 aromatic carbocycles. The number of nitro groups is 1. The van der Waals surface area contributed by atoms with Crippen LogP contribution in [-0.4, -0.2) is 24.0 Å². The van der Waals surface area contributed by atoms with Gasteiger partial charge in [-0.3, -0.25) is 24.5 Å². The Labute approximate surface area is 112 Å². The molecule has 0 spiro atoms. The molecule has 0 saturated heterocycles. The Kier molecular flexibility index (Phi) is 3.51. The smallest absolute Gasteiger partial charge is 0.330 e. The van der Waals surface area contributed by atoms with Gasteiger partial charge in [0.15, 0.2) is 0 Å². The van der Waals surface area contributed by atoms with E-state index in [-0.39, 0.29) is 12.6 Å². The van der Waals surface area contributed by atoms with Crippen molar-refractivity contribution in [3.05, 3.63) is 55.4 Å². The largest absolute Gasteiger partial charge is 0.350 e. The Hall–Kier alpha value is -2.71. The number of aromatic amines is 1. The van der Waals surface area contributed by atoms with Crippen molar-refractivity contribution in [1.29, 1.82) is 0 Å². The maximum absolute atomic E-state index is 11.7. The van der Waals surface area contributed by atoms with Crippen LogP contribution >= 0.6 is 0 Å². The third-order valence-corrected chi connectivity index (χ3v) is 2.82. The second kappa shape index (κ2) is 5.11. The summed E-state index contributed by atoms with van der Waals surface area (Å²) >= 11 is 0. The minimum absolute atomic E-state index is 0.0919. The van der Waals surface area contributed by atoms with Crippen LogP contribution in [0.15, 0.2) is 28.3 Å². The Morgan fingerprint density at radius 3 is 2.75 bits per heavy atom. The van der Waals surface area contributed by atoms with Crippen LogP contribution in [0.1, 0.15) is 25.6 Å². The summed E-state index contributed by atoms with van der Waals surface area (Å²) in [5.74, 6) is 0. The van der Waals surface area contributed by atoms with Gasteiger partial charge in [-0.15, -0.1) is 0 Å². The van der Waals surface area contributed by atoms with E-state index in [1.54, 1.807) is 12.5 Å². The second-order valence-electron chi connectivity index (χ2n) is 4.54. The van der Waals surface area contributed by atoms with Gasteiger partial charge in [0.2, 0.25) is 0 Å². The standard InChI is InChI=1S/C11H13N5O4/c1-7(2)15-6-12-3-8(15)4-14-5-9(16(19)20)10(17)13-11(14)18/h3,5-7H,4H2,1-2H3,(H,13,17,18). The summed E-state index contributed by atoms with van der Waals surface area (Å²) in [6.07, 6.45) is 4.13. The lowest BCUT2D eigenvalue weighted by Gasteiger charge is -2.12. The fourth-order valence-electron chi connectivity index (χ4n) is 1.84. The van der Waals surface area contributed by atoms with Crippen LogP contribution in [0.2, 0.25) is 0 Å². The molecule has 0 aliphatic carbocycles. The molecule has 9 nitrogen and oxygen atoms in total. The van der Waals surface area contributed by atoms with Crippen molar-refractivity contribution < 1.29 is 4.92 Å². The van der Waals surface area contributed by atoms with Crippen LogP contribution in [0.4, 0.5) is 5.69 Å². The first-order chi connectivity index (χ1) is 9.40. The van der Waals surface area contributed by atoms with Crippen molar-refractivity contribution >= 4 is 5.69 Å². The number of rotatable bonds is 4. The molecule has 20 heavy (non-hydrogen) atoms. The first kappa shape index (κ1) is 13.7. The van der Waals surface area contributed by atoms with E-state index < -0.39 is 21.9 Å². The van der Waals surface area contributed by atoms with Gasteiger partial charge in [-0.25, -0.2) is 9.78 Å². The second-order valence-corrected chi connectivity index (χ2v) is 4.54. The van der Waals surface area contributed by atoms with E-state index in [0.717, 1.165) is 10.8 Å². The fraction of sp³-hybridized carbons (Fsp3) is 0.364. The summed E-state index contributed by atoms with van der Waals surface area (Å²) in [5, 5.41) is 10.7.